The lowest BCUT2D eigenvalue weighted by atomic mass is 10.1. The molecule has 0 spiro atoms. The standard InChI is InChI=1S/C15H26N2O2/c1-12-10-17(6-8-18-12)11-13-5-7-19-14(13)9-16-15(2,3)4/h5,7,12,16H,6,8-11H2,1-4H3. The van der Waals surface area contributed by atoms with Gasteiger partial charge in [-0.1, -0.05) is 0 Å². The van der Waals surface area contributed by atoms with Crippen molar-refractivity contribution in [2.75, 3.05) is 19.7 Å². The van der Waals surface area contributed by atoms with E-state index in [1.165, 1.54) is 5.56 Å². The maximum absolute atomic E-state index is 5.61. The van der Waals surface area contributed by atoms with Crippen molar-refractivity contribution in [1.82, 2.24) is 10.2 Å². The van der Waals surface area contributed by atoms with Gasteiger partial charge in [0.25, 0.3) is 0 Å². The van der Waals surface area contributed by atoms with Gasteiger partial charge >= 0.3 is 0 Å². The van der Waals surface area contributed by atoms with Crippen molar-refractivity contribution in [3.8, 4) is 0 Å². The number of nitrogens with zero attached hydrogens (tertiary/aromatic N) is 1. The van der Waals surface area contributed by atoms with Gasteiger partial charge in [0.05, 0.1) is 25.5 Å². The van der Waals surface area contributed by atoms with Gasteiger partial charge in [0, 0.05) is 30.7 Å². The molecule has 4 heteroatoms. The normalized spacial score (nSPS) is 21.8. The molecular weight excluding hydrogens is 240 g/mol. The molecule has 0 amide bonds. The molecule has 0 aromatic carbocycles. The molecule has 1 N–H and O–H groups in total. The first-order chi connectivity index (χ1) is 8.94. The van der Waals surface area contributed by atoms with Gasteiger partial charge in [-0.3, -0.25) is 4.90 Å². The van der Waals surface area contributed by atoms with Crippen LogP contribution in [-0.4, -0.2) is 36.2 Å². The molecule has 19 heavy (non-hydrogen) atoms. The van der Waals surface area contributed by atoms with Gasteiger partial charge in [-0.15, -0.1) is 0 Å². The highest BCUT2D eigenvalue weighted by Gasteiger charge is 2.19. The SMILES string of the molecule is CC1CN(Cc2ccoc2CNC(C)(C)C)CCO1. The average Bonchev–Trinajstić information content (AvgIpc) is 2.73. The van der Waals surface area contributed by atoms with Crippen molar-refractivity contribution in [3.63, 3.8) is 0 Å². The third-order valence-corrected chi connectivity index (χ3v) is 3.34. The number of hydrogen-bond acceptors (Lipinski definition) is 4. The Balaban J connectivity index is 1.91. The lowest BCUT2D eigenvalue weighted by Gasteiger charge is -2.31. The van der Waals surface area contributed by atoms with Crippen LogP contribution in [0.3, 0.4) is 0 Å². The Morgan fingerprint density at radius 2 is 2.21 bits per heavy atom. The molecule has 1 unspecified atom stereocenters. The zero-order chi connectivity index (χ0) is 13.9. The zero-order valence-electron chi connectivity index (χ0n) is 12.5. The summed E-state index contributed by atoms with van der Waals surface area (Å²) in [6, 6.07) is 2.08. The monoisotopic (exact) mass is 266 g/mol. The first-order valence-electron chi connectivity index (χ1n) is 7.08. The Morgan fingerprint density at radius 3 is 2.89 bits per heavy atom. The highest BCUT2D eigenvalue weighted by molar-refractivity contribution is 5.17. The van der Waals surface area contributed by atoms with Crippen LogP contribution < -0.4 is 5.32 Å². The molecule has 1 aromatic heterocycles. The third-order valence-electron chi connectivity index (χ3n) is 3.34. The van der Waals surface area contributed by atoms with Crippen molar-refractivity contribution < 1.29 is 9.15 Å². The zero-order valence-corrected chi connectivity index (χ0v) is 12.5. The fraction of sp³-hybridized carbons (Fsp3) is 0.733. The molecule has 108 valence electrons. The van der Waals surface area contributed by atoms with Gasteiger partial charge in [-0.2, -0.15) is 0 Å². The van der Waals surface area contributed by atoms with E-state index in [-0.39, 0.29) is 5.54 Å². The lowest BCUT2D eigenvalue weighted by Crippen LogP contribution is -2.40. The van der Waals surface area contributed by atoms with Crippen LogP contribution in [0.1, 0.15) is 39.0 Å². The summed E-state index contributed by atoms with van der Waals surface area (Å²) < 4.78 is 11.2. The molecular formula is C15H26N2O2. The Kier molecular flexibility index (Phi) is 4.66. The first kappa shape index (κ1) is 14.6. The van der Waals surface area contributed by atoms with Gasteiger partial charge in [-0.05, 0) is 33.8 Å². The van der Waals surface area contributed by atoms with Gasteiger partial charge in [0.1, 0.15) is 5.76 Å². The van der Waals surface area contributed by atoms with E-state index in [0.29, 0.717) is 6.10 Å². The highest BCUT2D eigenvalue weighted by atomic mass is 16.5. The van der Waals surface area contributed by atoms with Crippen molar-refractivity contribution in [3.05, 3.63) is 23.7 Å². The van der Waals surface area contributed by atoms with E-state index in [4.69, 9.17) is 9.15 Å². The van der Waals surface area contributed by atoms with E-state index >= 15 is 0 Å². The van der Waals surface area contributed by atoms with Crippen molar-refractivity contribution in [2.24, 2.45) is 0 Å². The molecule has 1 aromatic rings. The Bertz CT molecular complexity index is 395. The van der Waals surface area contributed by atoms with Crippen LogP contribution in [0.15, 0.2) is 16.7 Å². The van der Waals surface area contributed by atoms with Crippen LogP contribution in [-0.2, 0) is 17.8 Å². The molecule has 0 radical (unpaired) electrons. The number of hydrogen-bond donors (Lipinski definition) is 1. The van der Waals surface area contributed by atoms with Crippen LogP contribution in [0, 0.1) is 0 Å². The molecule has 4 nitrogen and oxygen atoms in total. The van der Waals surface area contributed by atoms with Gasteiger partial charge in [0.2, 0.25) is 0 Å². The number of nitrogens with one attached hydrogen (secondary N) is 1. The van der Waals surface area contributed by atoms with Crippen molar-refractivity contribution in [2.45, 2.75) is 52.4 Å². The summed E-state index contributed by atoms with van der Waals surface area (Å²) in [5.74, 6) is 1.05. The summed E-state index contributed by atoms with van der Waals surface area (Å²) >= 11 is 0. The predicted molar refractivity (Wildman–Crippen MR) is 76.0 cm³/mol. The molecule has 0 saturated carbocycles. The number of morpholine rings is 1. The van der Waals surface area contributed by atoms with Crippen molar-refractivity contribution >= 4 is 0 Å². The van der Waals surface area contributed by atoms with Crippen LogP contribution in [0.4, 0.5) is 0 Å². The Labute approximate surface area is 116 Å². The van der Waals surface area contributed by atoms with E-state index < -0.39 is 0 Å². The largest absolute Gasteiger partial charge is 0.468 e. The molecule has 1 fully saturated rings. The molecule has 2 rings (SSSR count). The molecule has 1 saturated heterocycles. The second kappa shape index (κ2) is 6.07. The van der Waals surface area contributed by atoms with Crippen LogP contribution in [0.2, 0.25) is 0 Å². The molecule has 0 aliphatic carbocycles. The number of rotatable bonds is 4. The summed E-state index contributed by atoms with van der Waals surface area (Å²) in [6.07, 6.45) is 2.12. The molecule has 2 heterocycles. The Morgan fingerprint density at radius 1 is 1.42 bits per heavy atom. The second-order valence-electron chi connectivity index (χ2n) is 6.39. The van der Waals surface area contributed by atoms with E-state index in [1.807, 2.05) is 0 Å². The smallest absolute Gasteiger partial charge is 0.122 e. The Hall–Kier alpha value is -0.840. The maximum Gasteiger partial charge on any atom is 0.122 e. The second-order valence-corrected chi connectivity index (χ2v) is 6.39. The molecule has 1 aliphatic rings. The lowest BCUT2D eigenvalue weighted by molar-refractivity contribution is -0.0213. The fourth-order valence-electron chi connectivity index (χ4n) is 2.28. The minimum absolute atomic E-state index is 0.109. The van der Waals surface area contributed by atoms with Crippen LogP contribution in [0.5, 0.6) is 0 Å². The average molecular weight is 266 g/mol. The van der Waals surface area contributed by atoms with E-state index in [2.05, 4.69) is 44.0 Å². The van der Waals surface area contributed by atoms with E-state index in [1.54, 1.807) is 6.26 Å². The summed E-state index contributed by atoms with van der Waals surface area (Å²) in [5.41, 5.74) is 1.39. The van der Waals surface area contributed by atoms with Gasteiger partial charge < -0.3 is 14.5 Å². The van der Waals surface area contributed by atoms with Crippen LogP contribution in [0.25, 0.3) is 0 Å². The van der Waals surface area contributed by atoms with Crippen molar-refractivity contribution in [1.29, 1.82) is 0 Å². The predicted octanol–water partition coefficient (Wildman–Crippen LogP) is 2.39. The van der Waals surface area contributed by atoms with E-state index in [9.17, 15) is 0 Å². The molecule has 1 aliphatic heterocycles. The minimum atomic E-state index is 0.109. The summed E-state index contributed by atoms with van der Waals surface area (Å²) in [7, 11) is 0. The minimum Gasteiger partial charge on any atom is -0.468 e. The summed E-state index contributed by atoms with van der Waals surface area (Å²) in [6.45, 7) is 13.2. The first-order valence-corrected chi connectivity index (χ1v) is 7.08. The quantitative estimate of drug-likeness (QED) is 0.908. The third kappa shape index (κ3) is 4.64. The summed E-state index contributed by atoms with van der Waals surface area (Å²) in [5, 5.41) is 3.47. The van der Waals surface area contributed by atoms with Gasteiger partial charge in [-0.25, -0.2) is 0 Å². The maximum atomic E-state index is 5.61. The van der Waals surface area contributed by atoms with Gasteiger partial charge in [0.15, 0.2) is 0 Å². The molecule has 0 bridgehead atoms. The number of furan rings is 1. The summed E-state index contributed by atoms with van der Waals surface area (Å²) in [4.78, 5) is 2.43. The van der Waals surface area contributed by atoms with Crippen LogP contribution >= 0.6 is 0 Å². The number of ether oxygens (including phenoxy) is 1. The highest BCUT2D eigenvalue weighted by Crippen LogP contribution is 2.16. The fourth-order valence-corrected chi connectivity index (χ4v) is 2.28. The topological polar surface area (TPSA) is 37.6 Å². The molecule has 1 atom stereocenters. The van der Waals surface area contributed by atoms with E-state index in [0.717, 1.165) is 38.5 Å².